The van der Waals surface area contributed by atoms with Gasteiger partial charge in [0.25, 0.3) is 5.91 Å². The Hall–Kier alpha value is -2.76. The molecule has 2 aromatic rings. The number of carbonyl (C=O) groups is 1. The number of benzene rings is 1. The van der Waals surface area contributed by atoms with Gasteiger partial charge >= 0.3 is 0 Å². The molecule has 6 nitrogen and oxygen atoms in total. The lowest BCUT2D eigenvalue weighted by atomic mass is 10.1. The summed E-state index contributed by atoms with van der Waals surface area (Å²) in [7, 11) is 5.01. The van der Waals surface area contributed by atoms with Gasteiger partial charge in [-0.05, 0) is 31.0 Å². The van der Waals surface area contributed by atoms with Gasteiger partial charge in [-0.25, -0.2) is 0 Å². The zero-order valence-electron chi connectivity index (χ0n) is 14.5. The van der Waals surface area contributed by atoms with Gasteiger partial charge < -0.3 is 14.8 Å². The lowest BCUT2D eigenvalue weighted by molar-refractivity contribution is 0.0950. The number of methoxy groups -OCH3 is 2. The maximum atomic E-state index is 12.3. The van der Waals surface area contributed by atoms with Crippen molar-refractivity contribution in [2.75, 3.05) is 14.2 Å². The Morgan fingerprint density at radius 3 is 2.67 bits per heavy atom. The standard InChI is InChI=1S/C18H23N3O3/c1-6-7-14-8-13(9-16(23-4)17(14)24-5)10-19-18(22)15-11-20-21(3)12(15)2/h6,8-9,11H,1,7,10H2,2-5H3,(H,19,22). The van der Waals surface area contributed by atoms with Crippen LogP contribution in [0.5, 0.6) is 11.5 Å². The molecule has 1 amide bonds. The summed E-state index contributed by atoms with van der Waals surface area (Å²) in [6.45, 7) is 6.02. The van der Waals surface area contributed by atoms with E-state index in [2.05, 4.69) is 17.0 Å². The van der Waals surface area contributed by atoms with Crippen LogP contribution in [0.2, 0.25) is 0 Å². The van der Waals surface area contributed by atoms with Gasteiger partial charge in [-0.1, -0.05) is 6.08 Å². The summed E-state index contributed by atoms with van der Waals surface area (Å²) < 4.78 is 12.5. The van der Waals surface area contributed by atoms with Gasteiger partial charge in [-0.2, -0.15) is 5.10 Å². The van der Waals surface area contributed by atoms with Gasteiger partial charge in [0.2, 0.25) is 0 Å². The first kappa shape index (κ1) is 17.6. The fraction of sp³-hybridized carbons (Fsp3) is 0.333. The number of ether oxygens (including phenoxy) is 2. The van der Waals surface area contributed by atoms with E-state index in [0.717, 1.165) is 16.8 Å². The zero-order chi connectivity index (χ0) is 17.7. The van der Waals surface area contributed by atoms with Crippen molar-refractivity contribution in [3.8, 4) is 11.5 Å². The second-order valence-electron chi connectivity index (χ2n) is 5.43. The van der Waals surface area contributed by atoms with Crippen LogP contribution in [0.3, 0.4) is 0 Å². The average Bonchev–Trinajstić information content (AvgIpc) is 2.91. The van der Waals surface area contributed by atoms with Crippen LogP contribution in [0.4, 0.5) is 0 Å². The number of nitrogens with one attached hydrogen (secondary N) is 1. The van der Waals surface area contributed by atoms with Gasteiger partial charge in [0, 0.05) is 24.8 Å². The van der Waals surface area contributed by atoms with E-state index in [1.807, 2.05) is 26.1 Å². The molecule has 0 aliphatic carbocycles. The molecule has 1 aromatic heterocycles. The van der Waals surface area contributed by atoms with Crippen molar-refractivity contribution in [1.82, 2.24) is 15.1 Å². The van der Waals surface area contributed by atoms with Crippen molar-refractivity contribution in [3.05, 3.63) is 53.4 Å². The van der Waals surface area contributed by atoms with Crippen LogP contribution in [0.15, 0.2) is 31.0 Å². The van der Waals surface area contributed by atoms with Gasteiger partial charge in [0.1, 0.15) is 0 Å². The number of aromatic nitrogens is 2. The van der Waals surface area contributed by atoms with Crippen molar-refractivity contribution < 1.29 is 14.3 Å². The molecule has 1 aromatic carbocycles. The van der Waals surface area contributed by atoms with E-state index < -0.39 is 0 Å². The first-order chi connectivity index (χ1) is 11.5. The molecule has 0 saturated heterocycles. The molecule has 6 heteroatoms. The van der Waals surface area contributed by atoms with E-state index in [0.29, 0.717) is 30.0 Å². The Bertz CT molecular complexity index is 750. The minimum Gasteiger partial charge on any atom is -0.493 e. The maximum Gasteiger partial charge on any atom is 0.255 e. The highest BCUT2D eigenvalue weighted by Crippen LogP contribution is 2.33. The Labute approximate surface area is 142 Å². The quantitative estimate of drug-likeness (QED) is 0.792. The van der Waals surface area contributed by atoms with Crippen LogP contribution in [0.25, 0.3) is 0 Å². The van der Waals surface area contributed by atoms with Crippen molar-refractivity contribution in [1.29, 1.82) is 0 Å². The molecule has 0 aliphatic heterocycles. The number of carbonyl (C=O) groups excluding carboxylic acids is 1. The second-order valence-corrected chi connectivity index (χ2v) is 5.43. The minimum absolute atomic E-state index is 0.152. The molecule has 0 aliphatic rings. The molecule has 1 heterocycles. The third kappa shape index (κ3) is 3.59. The highest BCUT2D eigenvalue weighted by Gasteiger charge is 2.15. The van der Waals surface area contributed by atoms with Crippen LogP contribution in [0.1, 0.15) is 27.2 Å². The monoisotopic (exact) mass is 329 g/mol. The summed E-state index contributed by atoms with van der Waals surface area (Å²) in [5.74, 6) is 1.18. The predicted octanol–water partition coefficient (Wildman–Crippen LogP) is 2.40. The lowest BCUT2D eigenvalue weighted by Gasteiger charge is -2.14. The summed E-state index contributed by atoms with van der Waals surface area (Å²) in [4.78, 5) is 12.3. The Morgan fingerprint density at radius 1 is 1.38 bits per heavy atom. The molecular weight excluding hydrogens is 306 g/mol. The third-order valence-electron chi connectivity index (χ3n) is 3.91. The highest BCUT2D eigenvalue weighted by molar-refractivity contribution is 5.94. The number of hydrogen-bond donors (Lipinski definition) is 1. The van der Waals surface area contributed by atoms with Gasteiger partial charge in [-0.3, -0.25) is 9.48 Å². The second kappa shape index (κ2) is 7.68. The number of rotatable bonds is 7. The molecule has 0 bridgehead atoms. The number of amides is 1. The van der Waals surface area contributed by atoms with Crippen LogP contribution >= 0.6 is 0 Å². The van der Waals surface area contributed by atoms with Crippen molar-refractivity contribution in [2.45, 2.75) is 19.9 Å². The minimum atomic E-state index is -0.152. The third-order valence-corrected chi connectivity index (χ3v) is 3.91. The summed E-state index contributed by atoms with van der Waals surface area (Å²) in [5, 5.41) is 7.00. The smallest absolute Gasteiger partial charge is 0.255 e. The van der Waals surface area contributed by atoms with E-state index in [-0.39, 0.29) is 5.91 Å². The highest BCUT2D eigenvalue weighted by atomic mass is 16.5. The summed E-state index contributed by atoms with van der Waals surface area (Å²) in [6, 6.07) is 3.85. The summed E-state index contributed by atoms with van der Waals surface area (Å²) in [5.41, 5.74) is 3.30. The van der Waals surface area contributed by atoms with E-state index in [4.69, 9.17) is 9.47 Å². The first-order valence-electron chi connectivity index (χ1n) is 7.63. The fourth-order valence-electron chi connectivity index (χ4n) is 2.51. The molecule has 0 unspecified atom stereocenters. The van der Waals surface area contributed by atoms with Crippen LogP contribution in [-0.2, 0) is 20.0 Å². The fourth-order valence-corrected chi connectivity index (χ4v) is 2.51. The lowest BCUT2D eigenvalue weighted by Crippen LogP contribution is -2.23. The molecule has 0 radical (unpaired) electrons. The molecule has 128 valence electrons. The Balaban J connectivity index is 2.20. The molecular formula is C18H23N3O3. The van der Waals surface area contributed by atoms with E-state index in [1.54, 1.807) is 31.2 Å². The van der Waals surface area contributed by atoms with E-state index >= 15 is 0 Å². The number of aryl methyl sites for hydroxylation is 1. The van der Waals surface area contributed by atoms with Gasteiger partial charge in [0.15, 0.2) is 11.5 Å². The number of allylic oxidation sites excluding steroid dienone is 1. The number of hydrogen-bond acceptors (Lipinski definition) is 4. The van der Waals surface area contributed by atoms with E-state index in [9.17, 15) is 4.79 Å². The zero-order valence-corrected chi connectivity index (χ0v) is 14.5. The molecule has 24 heavy (non-hydrogen) atoms. The Kier molecular flexibility index (Phi) is 5.63. The maximum absolute atomic E-state index is 12.3. The molecule has 2 rings (SSSR count). The van der Waals surface area contributed by atoms with Crippen molar-refractivity contribution in [3.63, 3.8) is 0 Å². The predicted molar refractivity (Wildman–Crippen MR) is 92.6 cm³/mol. The van der Waals surface area contributed by atoms with Crippen LogP contribution in [0, 0.1) is 6.92 Å². The molecule has 1 N–H and O–H groups in total. The first-order valence-corrected chi connectivity index (χ1v) is 7.63. The van der Waals surface area contributed by atoms with Crippen molar-refractivity contribution >= 4 is 5.91 Å². The summed E-state index contributed by atoms with van der Waals surface area (Å²) >= 11 is 0. The topological polar surface area (TPSA) is 65.4 Å². The molecule has 0 spiro atoms. The SMILES string of the molecule is C=CCc1cc(CNC(=O)c2cnn(C)c2C)cc(OC)c1OC. The largest absolute Gasteiger partial charge is 0.493 e. The van der Waals surface area contributed by atoms with Crippen LogP contribution in [-0.4, -0.2) is 29.9 Å². The summed E-state index contributed by atoms with van der Waals surface area (Å²) in [6.07, 6.45) is 4.03. The van der Waals surface area contributed by atoms with Crippen molar-refractivity contribution in [2.24, 2.45) is 7.05 Å². The normalized spacial score (nSPS) is 10.3. The Morgan fingerprint density at radius 2 is 2.12 bits per heavy atom. The molecule has 0 atom stereocenters. The van der Waals surface area contributed by atoms with Gasteiger partial charge in [0.05, 0.1) is 26.0 Å². The number of nitrogens with zero attached hydrogens (tertiary/aromatic N) is 2. The van der Waals surface area contributed by atoms with Crippen LogP contribution < -0.4 is 14.8 Å². The molecule has 0 fully saturated rings. The molecule has 0 saturated carbocycles. The van der Waals surface area contributed by atoms with Gasteiger partial charge in [-0.15, -0.1) is 6.58 Å². The average molecular weight is 329 g/mol. The van der Waals surface area contributed by atoms with E-state index in [1.165, 1.54) is 0 Å².